The van der Waals surface area contributed by atoms with E-state index in [0.29, 0.717) is 0 Å². The Morgan fingerprint density at radius 2 is 1.94 bits per heavy atom. The number of aryl methyl sites for hydroxylation is 1. The highest BCUT2D eigenvalue weighted by Gasteiger charge is 2.16. The van der Waals surface area contributed by atoms with Crippen LogP contribution in [-0.4, -0.2) is 48.1 Å². The Morgan fingerprint density at radius 1 is 1.24 bits per heavy atom. The fraction of sp³-hybridized carbons (Fsp3) is 0.462. The van der Waals surface area contributed by atoms with E-state index < -0.39 is 0 Å². The molecule has 1 fully saturated rings. The summed E-state index contributed by atoms with van der Waals surface area (Å²) in [4.78, 5) is 4.56. The molecule has 17 heavy (non-hydrogen) atoms. The molecule has 0 saturated carbocycles. The van der Waals surface area contributed by atoms with E-state index in [-0.39, 0.29) is 0 Å². The second-order valence-corrected chi connectivity index (χ2v) is 4.98. The molecule has 1 aliphatic rings. The molecule has 0 spiro atoms. The van der Waals surface area contributed by atoms with Crippen LogP contribution in [0.1, 0.15) is 5.56 Å². The van der Waals surface area contributed by atoms with E-state index >= 15 is 0 Å². The summed E-state index contributed by atoms with van der Waals surface area (Å²) in [6.07, 6.45) is 0. The zero-order valence-electron chi connectivity index (χ0n) is 10.4. The van der Waals surface area contributed by atoms with E-state index in [2.05, 4.69) is 47.3 Å². The van der Waals surface area contributed by atoms with Gasteiger partial charge in [0, 0.05) is 31.9 Å². The van der Waals surface area contributed by atoms with E-state index in [1.54, 1.807) is 0 Å². The first-order valence-electron chi connectivity index (χ1n) is 5.96. The number of benzene rings is 1. The molecule has 1 heterocycles. The van der Waals surface area contributed by atoms with E-state index in [1.165, 1.54) is 5.56 Å². The summed E-state index contributed by atoms with van der Waals surface area (Å²) in [5, 5.41) is 4.14. The SMILES string of the molecule is Cc1cccc(NC(=S)N2CCN(C)CC2)c1. The van der Waals surface area contributed by atoms with E-state index in [4.69, 9.17) is 12.2 Å². The second-order valence-electron chi connectivity index (χ2n) is 4.59. The van der Waals surface area contributed by atoms with Gasteiger partial charge in [-0.15, -0.1) is 0 Å². The van der Waals surface area contributed by atoms with Crippen LogP contribution < -0.4 is 5.32 Å². The molecule has 1 aliphatic heterocycles. The molecule has 3 nitrogen and oxygen atoms in total. The Hall–Kier alpha value is -1.13. The number of rotatable bonds is 1. The molecular weight excluding hydrogens is 230 g/mol. The molecule has 0 atom stereocenters. The zero-order valence-corrected chi connectivity index (χ0v) is 11.3. The lowest BCUT2D eigenvalue weighted by atomic mass is 10.2. The molecule has 1 saturated heterocycles. The van der Waals surface area contributed by atoms with Crippen LogP contribution in [0.5, 0.6) is 0 Å². The summed E-state index contributed by atoms with van der Waals surface area (Å²) in [5.74, 6) is 0. The molecule has 1 aromatic carbocycles. The molecule has 0 bridgehead atoms. The van der Waals surface area contributed by atoms with Gasteiger partial charge in [0.15, 0.2) is 5.11 Å². The molecule has 0 unspecified atom stereocenters. The summed E-state index contributed by atoms with van der Waals surface area (Å²) >= 11 is 5.43. The Balaban J connectivity index is 1.93. The van der Waals surface area contributed by atoms with Crippen LogP contribution in [0.2, 0.25) is 0 Å². The minimum atomic E-state index is 0.837. The van der Waals surface area contributed by atoms with Crippen LogP contribution in [0.4, 0.5) is 5.69 Å². The van der Waals surface area contributed by atoms with Gasteiger partial charge in [0.1, 0.15) is 0 Å². The number of likely N-dealkylation sites (N-methyl/N-ethyl adjacent to an activating group) is 1. The quantitative estimate of drug-likeness (QED) is 0.766. The van der Waals surface area contributed by atoms with Crippen LogP contribution in [0.3, 0.4) is 0 Å². The molecule has 0 radical (unpaired) electrons. The Labute approximate surface area is 108 Å². The van der Waals surface area contributed by atoms with Crippen LogP contribution in [0.25, 0.3) is 0 Å². The lowest BCUT2D eigenvalue weighted by Gasteiger charge is -2.34. The number of piperazine rings is 1. The zero-order chi connectivity index (χ0) is 12.3. The minimum Gasteiger partial charge on any atom is -0.346 e. The van der Waals surface area contributed by atoms with Gasteiger partial charge in [-0.25, -0.2) is 0 Å². The van der Waals surface area contributed by atoms with E-state index in [1.807, 2.05) is 6.07 Å². The number of hydrogen-bond acceptors (Lipinski definition) is 2. The Bertz CT molecular complexity index is 397. The number of anilines is 1. The average Bonchev–Trinajstić information content (AvgIpc) is 2.29. The lowest BCUT2D eigenvalue weighted by Crippen LogP contribution is -2.48. The van der Waals surface area contributed by atoms with Crippen molar-refractivity contribution in [3.8, 4) is 0 Å². The first kappa shape index (κ1) is 12.3. The molecule has 4 heteroatoms. The number of hydrogen-bond donors (Lipinski definition) is 1. The highest BCUT2D eigenvalue weighted by Crippen LogP contribution is 2.11. The van der Waals surface area contributed by atoms with Gasteiger partial charge in [-0.05, 0) is 43.9 Å². The molecule has 1 aromatic rings. The summed E-state index contributed by atoms with van der Waals surface area (Å²) < 4.78 is 0. The van der Waals surface area contributed by atoms with Crippen LogP contribution >= 0.6 is 12.2 Å². The third-order valence-corrected chi connectivity index (χ3v) is 3.42. The van der Waals surface area contributed by atoms with Crippen molar-refractivity contribution in [3.05, 3.63) is 29.8 Å². The van der Waals surface area contributed by atoms with Gasteiger partial charge in [-0.3, -0.25) is 0 Å². The Kier molecular flexibility index (Phi) is 3.97. The maximum atomic E-state index is 5.43. The van der Waals surface area contributed by atoms with Crippen molar-refractivity contribution in [3.63, 3.8) is 0 Å². The first-order valence-corrected chi connectivity index (χ1v) is 6.37. The fourth-order valence-corrected chi connectivity index (χ4v) is 2.24. The van der Waals surface area contributed by atoms with Gasteiger partial charge in [-0.1, -0.05) is 12.1 Å². The van der Waals surface area contributed by atoms with Crippen LogP contribution in [0, 0.1) is 6.92 Å². The van der Waals surface area contributed by atoms with E-state index in [9.17, 15) is 0 Å². The van der Waals surface area contributed by atoms with E-state index in [0.717, 1.165) is 37.0 Å². The normalized spacial score (nSPS) is 16.9. The van der Waals surface area contributed by atoms with Crippen molar-refractivity contribution in [2.24, 2.45) is 0 Å². The molecule has 0 aromatic heterocycles. The minimum absolute atomic E-state index is 0.837. The summed E-state index contributed by atoms with van der Waals surface area (Å²) in [7, 11) is 2.15. The summed E-state index contributed by atoms with van der Waals surface area (Å²) in [5.41, 5.74) is 2.32. The largest absolute Gasteiger partial charge is 0.346 e. The third-order valence-electron chi connectivity index (χ3n) is 3.06. The van der Waals surface area contributed by atoms with Crippen molar-refractivity contribution >= 4 is 23.0 Å². The van der Waals surface area contributed by atoms with Crippen molar-refractivity contribution in [1.29, 1.82) is 0 Å². The maximum Gasteiger partial charge on any atom is 0.173 e. The van der Waals surface area contributed by atoms with Gasteiger partial charge in [0.05, 0.1) is 0 Å². The predicted octanol–water partition coefficient (Wildman–Crippen LogP) is 1.94. The van der Waals surface area contributed by atoms with Gasteiger partial charge in [0.2, 0.25) is 0 Å². The van der Waals surface area contributed by atoms with Gasteiger partial charge in [-0.2, -0.15) is 0 Å². The molecule has 92 valence electrons. The topological polar surface area (TPSA) is 18.5 Å². The Morgan fingerprint density at radius 3 is 2.59 bits per heavy atom. The third kappa shape index (κ3) is 3.41. The molecule has 0 amide bonds. The van der Waals surface area contributed by atoms with Gasteiger partial charge < -0.3 is 15.1 Å². The van der Waals surface area contributed by atoms with Crippen LogP contribution in [-0.2, 0) is 0 Å². The van der Waals surface area contributed by atoms with Crippen molar-refractivity contribution in [2.45, 2.75) is 6.92 Å². The monoisotopic (exact) mass is 249 g/mol. The van der Waals surface area contributed by atoms with Crippen molar-refractivity contribution < 1.29 is 0 Å². The predicted molar refractivity (Wildman–Crippen MR) is 76.5 cm³/mol. The van der Waals surface area contributed by atoms with Crippen LogP contribution in [0.15, 0.2) is 24.3 Å². The van der Waals surface area contributed by atoms with Crippen molar-refractivity contribution in [2.75, 3.05) is 38.5 Å². The summed E-state index contributed by atoms with van der Waals surface area (Å²) in [6, 6.07) is 8.30. The smallest absolute Gasteiger partial charge is 0.173 e. The number of nitrogens with zero attached hydrogens (tertiary/aromatic N) is 2. The van der Waals surface area contributed by atoms with Gasteiger partial charge in [0.25, 0.3) is 0 Å². The molecule has 1 N–H and O–H groups in total. The van der Waals surface area contributed by atoms with Gasteiger partial charge >= 0.3 is 0 Å². The molecule has 2 rings (SSSR count). The number of thiocarbonyl (C=S) groups is 1. The molecule has 0 aliphatic carbocycles. The summed E-state index contributed by atoms with van der Waals surface area (Å²) in [6.45, 7) is 6.26. The standard InChI is InChI=1S/C13H19N3S/c1-11-4-3-5-12(10-11)14-13(17)16-8-6-15(2)7-9-16/h3-5,10H,6-9H2,1-2H3,(H,14,17). The first-order chi connectivity index (χ1) is 8.15. The molecular formula is C13H19N3S. The second kappa shape index (κ2) is 5.47. The average molecular weight is 249 g/mol. The fourth-order valence-electron chi connectivity index (χ4n) is 1.93. The number of nitrogens with one attached hydrogen (secondary N) is 1. The highest BCUT2D eigenvalue weighted by atomic mass is 32.1. The maximum absolute atomic E-state index is 5.43. The lowest BCUT2D eigenvalue weighted by molar-refractivity contribution is 0.217. The van der Waals surface area contributed by atoms with Crippen molar-refractivity contribution in [1.82, 2.24) is 9.80 Å². The highest BCUT2D eigenvalue weighted by molar-refractivity contribution is 7.80.